The number of benzene rings is 3. The number of hydrogen-bond donors (Lipinski definition) is 2. The van der Waals surface area contributed by atoms with Crippen LogP contribution in [-0.4, -0.2) is 11.1 Å². The van der Waals surface area contributed by atoms with Gasteiger partial charge in [-0.3, -0.25) is 0 Å². The zero-order valence-corrected chi connectivity index (χ0v) is 13.2. The summed E-state index contributed by atoms with van der Waals surface area (Å²) < 4.78 is 5.78. The Hall–Kier alpha value is -3.27. The Bertz CT molecular complexity index is 840. The fraction of sp³-hybridized carbons (Fsp3) is 0.0500. The largest absolute Gasteiger partial charge is 0.478 e. The number of ether oxygens (including phenoxy) is 1. The number of carboxylic acids is 1. The molecule has 0 spiro atoms. The van der Waals surface area contributed by atoms with Crippen molar-refractivity contribution >= 4 is 17.3 Å². The number of carboxylic acid groups (broad SMARTS) is 1. The van der Waals surface area contributed by atoms with E-state index < -0.39 is 5.97 Å². The highest BCUT2D eigenvalue weighted by atomic mass is 16.5. The molecule has 0 radical (unpaired) electrons. The quantitative estimate of drug-likeness (QED) is 0.676. The van der Waals surface area contributed by atoms with Gasteiger partial charge in [0.1, 0.15) is 11.5 Å². The number of para-hydroxylation sites is 1. The standard InChI is InChI=1S/C20H17NO3/c1-14-6-10-16(11-7-14)24-17-12-8-15(9-13-17)21-19-5-3-2-4-18(19)20(22)23/h2-13,21H,1H3,(H,22,23). The lowest BCUT2D eigenvalue weighted by Gasteiger charge is -2.11. The number of hydrogen-bond acceptors (Lipinski definition) is 3. The van der Waals surface area contributed by atoms with Gasteiger partial charge in [0.05, 0.1) is 11.3 Å². The topological polar surface area (TPSA) is 58.6 Å². The zero-order chi connectivity index (χ0) is 16.9. The molecule has 0 unspecified atom stereocenters. The van der Waals surface area contributed by atoms with Crippen LogP contribution in [0.1, 0.15) is 15.9 Å². The van der Waals surface area contributed by atoms with Crippen LogP contribution in [0.3, 0.4) is 0 Å². The molecular formula is C20H17NO3. The fourth-order valence-electron chi connectivity index (χ4n) is 2.28. The molecular weight excluding hydrogens is 302 g/mol. The molecule has 3 rings (SSSR count). The second-order valence-corrected chi connectivity index (χ2v) is 5.42. The maximum atomic E-state index is 11.2. The lowest BCUT2D eigenvalue weighted by Crippen LogP contribution is -2.02. The summed E-state index contributed by atoms with van der Waals surface area (Å²) in [5.41, 5.74) is 2.76. The second kappa shape index (κ2) is 6.87. The van der Waals surface area contributed by atoms with Crippen LogP contribution in [0.25, 0.3) is 0 Å². The van der Waals surface area contributed by atoms with E-state index in [1.54, 1.807) is 24.3 Å². The molecule has 0 aliphatic carbocycles. The molecule has 0 fully saturated rings. The molecule has 120 valence electrons. The third-order valence-electron chi connectivity index (χ3n) is 3.55. The van der Waals surface area contributed by atoms with Gasteiger partial charge in [-0.15, -0.1) is 0 Å². The molecule has 2 N–H and O–H groups in total. The Labute approximate surface area is 140 Å². The SMILES string of the molecule is Cc1ccc(Oc2ccc(Nc3ccccc3C(=O)O)cc2)cc1. The van der Waals surface area contributed by atoms with Gasteiger partial charge >= 0.3 is 5.97 Å². The average Bonchev–Trinajstić information content (AvgIpc) is 2.59. The number of anilines is 2. The van der Waals surface area contributed by atoms with Crippen molar-refractivity contribution < 1.29 is 14.6 Å². The summed E-state index contributed by atoms with van der Waals surface area (Å²) in [6.07, 6.45) is 0. The third-order valence-corrected chi connectivity index (χ3v) is 3.55. The molecule has 3 aromatic carbocycles. The van der Waals surface area contributed by atoms with Crippen molar-refractivity contribution in [2.24, 2.45) is 0 Å². The molecule has 0 aliphatic rings. The van der Waals surface area contributed by atoms with Gasteiger partial charge in [-0.25, -0.2) is 4.79 Å². The van der Waals surface area contributed by atoms with E-state index in [4.69, 9.17) is 4.74 Å². The Kier molecular flexibility index (Phi) is 4.47. The number of aromatic carboxylic acids is 1. The normalized spacial score (nSPS) is 10.2. The predicted molar refractivity (Wildman–Crippen MR) is 94.4 cm³/mol. The van der Waals surface area contributed by atoms with Gasteiger partial charge in [0, 0.05) is 5.69 Å². The van der Waals surface area contributed by atoms with Crippen molar-refractivity contribution in [1.82, 2.24) is 0 Å². The summed E-state index contributed by atoms with van der Waals surface area (Å²) in [6.45, 7) is 2.03. The van der Waals surface area contributed by atoms with Crippen molar-refractivity contribution in [3.8, 4) is 11.5 Å². The Morgan fingerprint density at radius 3 is 2.08 bits per heavy atom. The lowest BCUT2D eigenvalue weighted by molar-refractivity contribution is 0.0698. The third kappa shape index (κ3) is 3.73. The van der Waals surface area contributed by atoms with Crippen LogP contribution in [0.2, 0.25) is 0 Å². The number of rotatable bonds is 5. The molecule has 24 heavy (non-hydrogen) atoms. The van der Waals surface area contributed by atoms with Crippen molar-refractivity contribution in [3.05, 3.63) is 83.9 Å². The Morgan fingerprint density at radius 1 is 0.875 bits per heavy atom. The van der Waals surface area contributed by atoms with Crippen LogP contribution in [0.5, 0.6) is 11.5 Å². The van der Waals surface area contributed by atoms with Crippen molar-refractivity contribution in [1.29, 1.82) is 0 Å². The van der Waals surface area contributed by atoms with Crippen molar-refractivity contribution in [2.45, 2.75) is 6.92 Å². The minimum absolute atomic E-state index is 0.234. The van der Waals surface area contributed by atoms with Crippen LogP contribution in [0.15, 0.2) is 72.8 Å². The zero-order valence-electron chi connectivity index (χ0n) is 13.2. The lowest BCUT2D eigenvalue weighted by atomic mass is 10.1. The van der Waals surface area contributed by atoms with Crippen LogP contribution in [0.4, 0.5) is 11.4 Å². The molecule has 4 heteroatoms. The molecule has 0 saturated carbocycles. The summed E-state index contributed by atoms with van der Waals surface area (Å²) in [5, 5.41) is 12.3. The maximum Gasteiger partial charge on any atom is 0.337 e. The molecule has 0 aliphatic heterocycles. The van der Waals surface area contributed by atoms with Crippen LogP contribution < -0.4 is 10.1 Å². The molecule has 0 atom stereocenters. The number of nitrogens with one attached hydrogen (secondary N) is 1. The van der Waals surface area contributed by atoms with E-state index in [1.165, 1.54) is 5.56 Å². The second-order valence-electron chi connectivity index (χ2n) is 5.42. The van der Waals surface area contributed by atoms with E-state index in [1.807, 2.05) is 55.5 Å². The molecule has 0 bridgehead atoms. The molecule has 0 amide bonds. The first-order valence-electron chi connectivity index (χ1n) is 7.56. The number of aryl methyl sites for hydroxylation is 1. The van der Waals surface area contributed by atoms with Crippen molar-refractivity contribution in [3.63, 3.8) is 0 Å². The summed E-state index contributed by atoms with van der Waals surface area (Å²) in [7, 11) is 0. The first-order valence-corrected chi connectivity index (χ1v) is 7.56. The summed E-state index contributed by atoms with van der Waals surface area (Å²) >= 11 is 0. The van der Waals surface area contributed by atoms with E-state index in [0.29, 0.717) is 5.69 Å². The Morgan fingerprint density at radius 2 is 1.46 bits per heavy atom. The highest BCUT2D eigenvalue weighted by molar-refractivity contribution is 5.95. The average molecular weight is 319 g/mol. The molecule has 4 nitrogen and oxygen atoms in total. The van der Waals surface area contributed by atoms with E-state index >= 15 is 0 Å². The van der Waals surface area contributed by atoms with Gasteiger partial charge in [-0.1, -0.05) is 29.8 Å². The van der Waals surface area contributed by atoms with E-state index in [9.17, 15) is 9.90 Å². The monoisotopic (exact) mass is 319 g/mol. The minimum atomic E-state index is -0.961. The Balaban J connectivity index is 1.73. The van der Waals surface area contributed by atoms with E-state index in [0.717, 1.165) is 17.2 Å². The summed E-state index contributed by atoms with van der Waals surface area (Å²) in [4.78, 5) is 11.2. The van der Waals surface area contributed by atoms with Gasteiger partial charge in [0.15, 0.2) is 0 Å². The highest BCUT2D eigenvalue weighted by Gasteiger charge is 2.09. The fourth-order valence-corrected chi connectivity index (χ4v) is 2.28. The van der Waals surface area contributed by atoms with Crippen LogP contribution in [-0.2, 0) is 0 Å². The van der Waals surface area contributed by atoms with Gasteiger partial charge < -0.3 is 15.2 Å². The summed E-state index contributed by atoms with van der Waals surface area (Å²) in [5.74, 6) is 0.533. The maximum absolute atomic E-state index is 11.2. The molecule has 0 saturated heterocycles. The summed E-state index contributed by atoms with van der Waals surface area (Å²) in [6, 6.07) is 22.0. The van der Waals surface area contributed by atoms with Gasteiger partial charge in [0.2, 0.25) is 0 Å². The first-order chi connectivity index (χ1) is 11.6. The van der Waals surface area contributed by atoms with Crippen molar-refractivity contribution in [2.75, 3.05) is 5.32 Å². The smallest absolute Gasteiger partial charge is 0.337 e. The van der Waals surface area contributed by atoms with Gasteiger partial charge in [-0.05, 0) is 55.5 Å². The molecule has 3 aromatic rings. The highest BCUT2D eigenvalue weighted by Crippen LogP contribution is 2.26. The molecule has 0 heterocycles. The van der Waals surface area contributed by atoms with Crippen LogP contribution in [0, 0.1) is 6.92 Å². The van der Waals surface area contributed by atoms with Gasteiger partial charge in [-0.2, -0.15) is 0 Å². The van der Waals surface area contributed by atoms with E-state index in [-0.39, 0.29) is 5.56 Å². The predicted octanol–water partition coefficient (Wildman–Crippen LogP) is 5.23. The van der Waals surface area contributed by atoms with E-state index in [2.05, 4.69) is 5.32 Å². The van der Waals surface area contributed by atoms with Crippen LogP contribution >= 0.6 is 0 Å². The first kappa shape index (κ1) is 15.6. The van der Waals surface area contributed by atoms with Gasteiger partial charge in [0.25, 0.3) is 0 Å². The molecule has 0 aromatic heterocycles. The minimum Gasteiger partial charge on any atom is -0.478 e. The number of carbonyl (C=O) groups is 1.